The van der Waals surface area contributed by atoms with Crippen LogP contribution in [-0.4, -0.2) is 31.7 Å². The second kappa shape index (κ2) is 5.47. The van der Waals surface area contributed by atoms with Gasteiger partial charge in [-0.1, -0.05) is 0 Å². The van der Waals surface area contributed by atoms with Crippen molar-refractivity contribution in [3.8, 4) is 0 Å². The highest BCUT2D eigenvalue weighted by Crippen LogP contribution is 2.12. The predicted molar refractivity (Wildman–Crippen MR) is 65.2 cm³/mol. The summed E-state index contributed by atoms with van der Waals surface area (Å²) >= 11 is 0. The van der Waals surface area contributed by atoms with E-state index in [0.29, 0.717) is 5.56 Å². The maximum absolute atomic E-state index is 12.7. The monoisotopic (exact) mass is 278 g/mol. The van der Waals surface area contributed by atoms with Crippen LogP contribution in [0, 0.1) is 5.82 Å². The maximum atomic E-state index is 12.7. The number of aryl methyl sites for hydroxylation is 1. The molecular formula is C12H11FN4O3. The van der Waals surface area contributed by atoms with Gasteiger partial charge in [-0.2, -0.15) is 5.10 Å². The summed E-state index contributed by atoms with van der Waals surface area (Å²) in [6.07, 6.45) is 3.71. The predicted octanol–water partition coefficient (Wildman–Crippen LogP) is 0.510. The van der Waals surface area contributed by atoms with Gasteiger partial charge in [0.15, 0.2) is 6.04 Å². The van der Waals surface area contributed by atoms with Gasteiger partial charge < -0.3 is 10.4 Å². The number of nitrogens with zero attached hydrogens (tertiary/aromatic N) is 3. The summed E-state index contributed by atoms with van der Waals surface area (Å²) in [5, 5.41) is 15.3. The number of amides is 1. The van der Waals surface area contributed by atoms with Crippen molar-refractivity contribution in [1.82, 2.24) is 20.1 Å². The van der Waals surface area contributed by atoms with E-state index in [1.165, 1.54) is 23.1 Å². The van der Waals surface area contributed by atoms with Gasteiger partial charge in [0.1, 0.15) is 11.5 Å². The number of rotatable bonds is 4. The Morgan fingerprint density at radius 2 is 2.15 bits per heavy atom. The van der Waals surface area contributed by atoms with Gasteiger partial charge in [0.2, 0.25) is 0 Å². The number of carbonyl (C=O) groups is 2. The van der Waals surface area contributed by atoms with Gasteiger partial charge in [-0.15, -0.1) is 0 Å². The van der Waals surface area contributed by atoms with Crippen LogP contribution in [0.3, 0.4) is 0 Å². The molecule has 1 unspecified atom stereocenters. The van der Waals surface area contributed by atoms with E-state index in [9.17, 15) is 14.0 Å². The van der Waals surface area contributed by atoms with E-state index < -0.39 is 23.7 Å². The van der Waals surface area contributed by atoms with Crippen LogP contribution in [0.25, 0.3) is 0 Å². The smallest absolute Gasteiger partial charge is 0.331 e. The molecule has 7 nitrogen and oxygen atoms in total. The van der Waals surface area contributed by atoms with Crippen molar-refractivity contribution in [1.29, 1.82) is 0 Å². The van der Waals surface area contributed by atoms with Gasteiger partial charge in [0.25, 0.3) is 5.91 Å². The van der Waals surface area contributed by atoms with Crippen LogP contribution in [0.4, 0.5) is 4.39 Å². The Balaban J connectivity index is 2.18. The van der Waals surface area contributed by atoms with Gasteiger partial charge in [0.05, 0.1) is 12.4 Å². The number of nitrogens with one attached hydrogen (secondary N) is 1. The average molecular weight is 278 g/mol. The first-order valence-corrected chi connectivity index (χ1v) is 5.61. The molecule has 104 valence electrons. The quantitative estimate of drug-likeness (QED) is 0.849. The highest BCUT2D eigenvalue weighted by Gasteiger charge is 2.24. The third-order valence-corrected chi connectivity index (χ3v) is 2.54. The summed E-state index contributed by atoms with van der Waals surface area (Å²) in [6, 6.07) is 0.997. The number of carbonyl (C=O) groups excluding carboxylic acids is 1. The minimum absolute atomic E-state index is 0.0680. The van der Waals surface area contributed by atoms with Crippen LogP contribution >= 0.6 is 0 Å². The van der Waals surface area contributed by atoms with Crippen molar-refractivity contribution in [2.75, 3.05) is 0 Å². The van der Waals surface area contributed by atoms with Crippen LogP contribution in [0.5, 0.6) is 0 Å². The molecule has 0 aliphatic rings. The van der Waals surface area contributed by atoms with Crippen LogP contribution < -0.4 is 5.32 Å². The van der Waals surface area contributed by atoms with Crippen LogP contribution in [0.15, 0.2) is 30.7 Å². The van der Waals surface area contributed by atoms with Crippen LogP contribution in [0.2, 0.25) is 0 Å². The number of aliphatic carboxylic acids is 1. The number of pyridine rings is 1. The zero-order valence-electron chi connectivity index (χ0n) is 10.4. The molecule has 2 aromatic heterocycles. The second-order valence-electron chi connectivity index (χ2n) is 4.05. The van der Waals surface area contributed by atoms with Gasteiger partial charge in [-0.05, 0) is 12.1 Å². The fraction of sp³-hybridized carbons (Fsp3) is 0.167. The molecule has 0 saturated heterocycles. The molecule has 1 atom stereocenters. The third-order valence-electron chi connectivity index (χ3n) is 2.54. The molecule has 8 heteroatoms. The zero-order valence-corrected chi connectivity index (χ0v) is 10.4. The standard InChI is InChI=1S/C12H11FN4O3/c1-17-6-7(4-15-17)10(12(19)20)16-11(18)9-3-2-8(13)5-14-9/h2-6,10H,1H3,(H,16,18)(H,19,20). The average Bonchev–Trinajstić information content (AvgIpc) is 2.82. The lowest BCUT2D eigenvalue weighted by Crippen LogP contribution is -2.34. The normalized spacial score (nSPS) is 11.9. The number of aromatic nitrogens is 3. The van der Waals surface area contributed by atoms with Gasteiger partial charge in [-0.3, -0.25) is 9.48 Å². The van der Waals surface area contributed by atoms with E-state index in [1.54, 1.807) is 7.05 Å². The van der Waals surface area contributed by atoms with E-state index in [2.05, 4.69) is 15.4 Å². The number of hydrogen-bond acceptors (Lipinski definition) is 4. The summed E-state index contributed by atoms with van der Waals surface area (Å²) < 4.78 is 14.1. The van der Waals surface area contributed by atoms with Crippen molar-refractivity contribution in [3.63, 3.8) is 0 Å². The SMILES string of the molecule is Cn1cc(C(NC(=O)c2ccc(F)cn2)C(=O)O)cn1. The molecule has 0 aliphatic carbocycles. The van der Waals surface area contributed by atoms with Crippen molar-refractivity contribution in [2.45, 2.75) is 6.04 Å². The lowest BCUT2D eigenvalue weighted by molar-refractivity contribution is -0.139. The summed E-state index contributed by atoms with van der Waals surface area (Å²) in [6.45, 7) is 0. The summed E-state index contributed by atoms with van der Waals surface area (Å²) in [5.74, 6) is -2.52. The first kappa shape index (κ1) is 13.7. The minimum atomic E-state index is -1.25. The lowest BCUT2D eigenvalue weighted by Gasteiger charge is -2.12. The molecule has 2 rings (SSSR count). The third kappa shape index (κ3) is 2.97. The number of carboxylic acids is 1. The fourth-order valence-corrected chi connectivity index (χ4v) is 1.59. The topological polar surface area (TPSA) is 97.1 Å². The maximum Gasteiger partial charge on any atom is 0.331 e. The molecule has 0 aromatic carbocycles. The molecule has 0 bridgehead atoms. The Kier molecular flexibility index (Phi) is 3.74. The molecular weight excluding hydrogens is 267 g/mol. The molecule has 0 radical (unpaired) electrons. The highest BCUT2D eigenvalue weighted by atomic mass is 19.1. The Morgan fingerprint density at radius 1 is 1.40 bits per heavy atom. The van der Waals surface area contributed by atoms with Gasteiger partial charge >= 0.3 is 5.97 Å². The van der Waals surface area contributed by atoms with Crippen LogP contribution in [0.1, 0.15) is 22.1 Å². The fourth-order valence-electron chi connectivity index (χ4n) is 1.59. The van der Waals surface area contributed by atoms with Crippen molar-refractivity contribution >= 4 is 11.9 Å². The van der Waals surface area contributed by atoms with Crippen molar-refractivity contribution in [3.05, 3.63) is 47.8 Å². The van der Waals surface area contributed by atoms with E-state index in [1.807, 2.05) is 0 Å². The Morgan fingerprint density at radius 3 is 2.65 bits per heavy atom. The number of hydrogen-bond donors (Lipinski definition) is 2. The number of carboxylic acid groups (broad SMARTS) is 1. The van der Waals surface area contributed by atoms with Gasteiger partial charge in [-0.25, -0.2) is 14.2 Å². The molecule has 1 amide bonds. The highest BCUT2D eigenvalue weighted by molar-refractivity contribution is 5.95. The summed E-state index contributed by atoms with van der Waals surface area (Å²) in [4.78, 5) is 26.7. The lowest BCUT2D eigenvalue weighted by atomic mass is 10.1. The second-order valence-corrected chi connectivity index (χ2v) is 4.05. The first-order valence-electron chi connectivity index (χ1n) is 5.61. The molecule has 0 fully saturated rings. The van der Waals surface area contributed by atoms with E-state index in [-0.39, 0.29) is 5.69 Å². The zero-order chi connectivity index (χ0) is 14.7. The largest absolute Gasteiger partial charge is 0.479 e. The molecule has 0 aliphatic heterocycles. The number of halogens is 1. The molecule has 2 heterocycles. The van der Waals surface area contributed by atoms with Crippen LogP contribution in [-0.2, 0) is 11.8 Å². The van der Waals surface area contributed by atoms with Gasteiger partial charge in [0, 0.05) is 18.8 Å². The minimum Gasteiger partial charge on any atom is -0.479 e. The van der Waals surface area contributed by atoms with E-state index in [0.717, 1.165) is 12.3 Å². The van der Waals surface area contributed by atoms with E-state index >= 15 is 0 Å². The first-order chi connectivity index (χ1) is 9.47. The molecule has 0 saturated carbocycles. The Labute approximate surface area is 113 Å². The molecule has 20 heavy (non-hydrogen) atoms. The van der Waals surface area contributed by atoms with E-state index in [4.69, 9.17) is 5.11 Å². The Hall–Kier alpha value is -2.77. The molecule has 0 spiro atoms. The molecule has 2 N–H and O–H groups in total. The van der Waals surface area contributed by atoms with Crippen molar-refractivity contribution in [2.24, 2.45) is 7.05 Å². The molecule has 2 aromatic rings. The summed E-state index contributed by atoms with van der Waals surface area (Å²) in [7, 11) is 1.63. The summed E-state index contributed by atoms with van der Waals surface area (Å²) in [5.41, 5.74) is 0.261. The Bertz CT molecular complexity index is 638. The van der Waals surface area contributed by atoms with Crippen molar-refractivity contribution < 1.29 is 19.1 Å².